The molecule has 1 aliphatic rings. The molecule has 0 amide bonds. The van der Waals surface area contributed by atoms with Gasteiger partial charge in [0.2, 0.25) is 0 Å². The molecule has 4 aromatic rings. The molecule has 0 atom stereocenters. The zero-order valence-electron chi connectivity index (χ0n) is 23.4. The van der Waals surface area contributed by atoms with E-state index in [1.165, 1.54) is 23.4 Å². The number of pyridine rings is 1. The van der Waals surface area contributed by atoms with Crippen LogP contribution in [0.25, 0.3) is 10.9 Å². The molecule has 1 aromatic heterocycles. The molecular weight excluding hydrogens is 540 g/mol. The number of alkyl halides is 2. The van der Waals surface area contributed by atoms with Crippen LogP contribution in [0.15, 0.2) is 93.8 Å². The summed E-state index contributed by atoms with van der Waals surface area (Å²) in [6.07, 6.45) is -0.928. The number of anilines is 1. The van der Waals surface area contributed by atoms with Crippen LogP contribution in [-0.2, 0) is 6.42 Å². The maximum absolute atomic E-state index is 13.0. The Labute approximate surface area is 242 Å². The molecule has 210 valence electrons. The van der Waals surface area contributed by atoms with Crippen molar-refractivity contribution in [3.8, 4) is 5.75 Å². The predicted molar refractivity (Wildman–Crippen MR) is 167 cm³/mol. The first-order chi connectivity index (χ1) is 19.7. The summed E-state index contributed by atoms with van der Waals surface area (Å²) in [5.41, 5.74) is 5.14. The molecule has 0 aliphatic carbocycles. The summed E-state index contributed by atoms with van der Waals surface area (Å²) in [6, 6.07) is 24.9. The lowest BCUT2D eigenvalue weighted by molar-refractivity contribution is -0.158. The predicted octanol–water partition coefficient (Wildman–Crippen LogP) is 8.24. The van der Waals surface area contributed by atoms with E-state index in [2.05, 4.69) is 57.7 Å². The fraction of sp³-hybridized carbons (Fsp3) is 0.250. The van der Waals surface area contributed by atoms with Crippen molar-refractivity contribution in [3.05, 3.63) is 95.6 Å². The summed E-state index contributed by atoms with van der Waals surface area (Å²) in [5.74, 6) is 2.68. The number of aliphatic imine (C=N–C) groups is 3. The number of nitrogens with zero attached hydrogens (tertiary/aromatic N) is 5. The molecule has 1 saturated heterocycles. The number of thioether (sulfide) groups is 1. The molecule has 0 spiro atoms. The number of hydrogen-bond acceptors (Lipinski definition) is 5. The third-order valence-corrected chi connectivity index (χ3v) is 7.48. The summed E-state index contributed by atoms with van der Waals surface area (Å²) < 4.78 is 30.6. The van der Waals surface area contributed by atoms with Crippen LogP contribution in [0.1, 0.15) is 43.4 Å². The number of fused-ring (bicyclic) bond motifs is 1. The quantitative estimate of drug-likeness (QED) is 0.158. The summed E-state index contributed by atoms with van der Waals surface area (Å²) in [5, 5.41) is 1.91. The summed E-state index contributed by atoms with van der Waals surface area (Å²) >= 11 is 1.71. The Bertz CT molecular complexity index is 1630. The molecule has 0 unspecified atom stereocenters. The van der Waals surface area contributed by atoms with Crippen molar-refractivity contribution in [1.29, 1.82) is 0 Å². The van der Waals surface area contributed by atoms with E-state index in [-0.39, 0.29) is 5.75 Å². The Morgan fingerprint density at radius 2 is 1.85 bits per heavy atom. The Morgan fingerprint density at radius 1 is 1.07 bits per heavy atom. The van der Waals surface area contributed by atoms with Gasteiger partial charge in [-0.3, -0.25) is 4.99 Å². The van der Waals surface area contributed by atoms with Gasteiger partial charge in [0.15, 0.2) is 16.8 Å². The number of aromatic nitrogens is 1. The Kier molecular flexibility index (Phi) is 8.44. The van der Waals surface area contributed by atoms with Crippen LogP contribution in [0.3, 0.4) is 0 Å². The third kappa shape index (κ3) is 6.97. The third-order valence-electron chi connectivity index (χ3n) is 6.52. The topological polar surface area (TPSA) is 62.4 Å². The maximum Gasteiger partial charge on any atom is 0.394 e. The van der Waals surface area contributed by atoms with Crippen molar-refractivity contribution < 1.29 is 13.5 Å². The second-order valence-electron chi connectivity index (χ2n) is 10.0. The minimum atomic E-state index is -3.21. The number of ether oxygens (including phenoxy) is 1. The van der Waals surface area contributed by atoms with Gasteiger partial charge < -0.3 is 9.64 Å². The van der Waals surface area contributed by atoms with Crippen LogP contribution in [0, 0.1) is 0 Å². The standard InChI is InChI=1S/C32H31F2N5OS/c1-21(2)26-7-5-6-8-28(26)39-20-41-31(39)38-29-16-12-23-19-24(11-15-27(23)37-29)30(35-4)36-18-17-22-9-13-25(14-10-22)40-32(3,33)34/h5-16,18-19,21H,17,20H2,1-4H3/b35-30-,36-18-,38-31-. The van der Waals surface area contributed by atoms with E-state index in [1.807, 2.05) is 30.3 Å². The number of hydrogen-bond donors (Lipinski definition) is 0. The number of amidine groups is 2. The van der Waals surface area contributed by atoms with E-state index in [9.17, 15) is 8.78 Å². The van der Waals surface area contributed by atoms with Crippen molar-refractivity contribution in [3.63, 3.8) is 0 Å². The molecule has 2 heterocycles. The van der Waals surface area contributed by atoms with Crippen LogP contribution in [-0.4, -0.2) is 41.2 Å². The van der Waals surface area contributed by atoms with Crippen LogP contribution in [0.4, 0.5) is 20.3 Å². The van der Waals surface area contributed by atoms with Crippen molar-refractivity contribution >= 4 is 51.4 Å². The van der Waals surface area contributed by atoms with Crippen molar-refractivity contribution in [2.75, 3.05) is 17.8 Å². The molecule has 6 nitrogen and oxygen atoms in total. The highest BCUT2D eigenvalue weighted by Crippen LogP contribution is 2.36. The van der Waals surface area contributed by atoms with Gasteiger partial charge in [0.05, 0.1) is 11.4 Å². The molecular formula is C32H31F2N5OS. The fourth-order valence-electron chi connectivity index (χ4n) is 4.49. The lowest BCUT2D eigenvalue weighted by Gasteiger charge is -2.35. The van der Waals surface area contributed by atoms with Crippen molar-refractivity contribution in [2.45, 2.75) is 39.2 Å². The Hall–Kier alpha value is -4.11. The van der Waals surface area contributed by atoms with Gasteiger partial charge in [-0.15, -0.1) is 0 Å². The second-order valence-corrected chi connectivity index (χ2v) is 10.9. The molecule has 0 N–H and O–H groups in total. The van der Waals surface area contributed by atoms with E-state index >= 15 is 0 Å². The zero-order valence-corrected chi connectivity index (χ0v) is 24.2. The van der Waals surface area contributed by atoms with E-state index in [4.69, 9.17) is 9.98 Å². The van der Waals surface area contributed by atoms with Gasteiger partial charge in [0, 0.05) is 43.2 Å². The highest BCUT2D eigenvalue weighted by Gasteiger charge is 2.27. The van der Waals surface area contributed by atoms with Crippen LogP contribution in [0.5, 0.6) is 5.75 Å². The molecule has 1 fully saturated rings. The summed E-state index contributed by atoms with van der Waals surface area (Å²) in [6.45, 7) is 5.12. The highest BCUT2D eigenvalue weighted by molar-refractivity contribution is 8.16. The van der Waals surface area contributed by atoms with E-state index in [0.29, 0.717) is 30.9 Å². The first kappa shape index (κ1) is 28.4. The summed E-state index contributed by atoms with van der Waals surface area (Å²) in [7, 11) is 1.70. The van der Waals surface area contributed by atoms with Crippen molar-refractivity contribution in [1.82, 2.24) is 4.98 Å². The molecule has 0 saturated carbocycles. The minimum absolute atomic E-state index is 0.119. The van der Waals surface area contributed by atoms with Gasteiger partial charge in [-0.25, -0.2) is 15.0 Å². The van der Waals surface area contributed by atoms with Gasteiger partial charge in [0.25, 0.3) is 0 Å². The van der Waals surface area contributed by atoms with E-state index < -0.39 is 6.11 Å². The fourth-order valence-corrected chi connectivity index (χ4v) is 5.26. The van der Waals surface area contributed by atoms with Gasteiger partial charge in [-0.1, -0.05) is 55.9 Å². The number of benzene rings is 3. The zero-order chi connectivity index (χ0) is 29.0. The molecule has 0 radical (unpaired) electrons. The largest absolute Gasteiger partial charge is 0.433 e. The molecule has 5 rings (SSSR count). The Balaban J connectivity index is 1.28. The highest BCUT2D eigenvalue weighted by atomic mass is 32.2. The SMILES string of the molecule is C/N=C(\N=C/Cc1ccc(OC(C)(F)F)cc1)c1ccc2nc(/N=C3\SCN3c3ccccc3C(C)C)ccc2c1. The van der Waals surface area contributed by atoms with Crippen LogP contribution >= 0.6 is 11.8 Å². The molecule has 3 aromatic carbocycles. The average Bonchev–Trinajstić information content (AvgIpc) is 2.93. The molecule has 0 bridgehead atoms. The first-order valence-electron chi connectivity index (χ1n) is 13.3. The van der Waals surface area contributed by atoms with E-state index in [0.717, 1.165) is 33.1 Å². The smallest absolute Gasteiger partial charge is 0.394 e. The monoisotopic (exact) mass is 571 g/mol. The number of halogens is 2. The first-order valence-corrected chi connectivity index (χ1v) is 14.3. The van der Waals surface area contributed by atoms with Gasteiger partial charge in [0.1, 0.15) is 5.75 Å². The Morgan fingerprint density at radius 3 is 2.54 bits per heavy atom. The van der Waals surface area contributed by atoms with Gasteiger partial charge in [-0.2, -0.15) is 8.78 Å². The molecule has 9 heteroatoms. The van der Waals surface area contributed by atoms with Gasteiger partial charge in [-0.05, 0) is 65.6 Å². The second kappa shape index (κ2) is 12.2. The minimum Gasteiger partial charge on any atom is -0.433 e. The number of para-hydroxylation sites is 1. The van der Waals surface area contributed by atoms with Crippen LogP contribution in [0.2, 0.25) is 0 Å². The maximum atomic E-state index is 13.0. The molecule has 1 aliphatic heterocycles. The normalized spacial score (nSPS) is 15.2. The lowest BCUT2D eigenvalue weighted by atomic mass is 10.0. The van der Waals surface area contributed by atoms with Crippen molar-refractivity contribution in [2.24, 2.45) is 15.0 Å². The van der Waals surface area contributed by atoms with Gasteiger partial charge >= 0.3 is 6.11 Å². The van der Waals surface area contributed by atoms with Crippen LogP contribution < -0.4 is 9.64 Å². The summed E-state index contributed by atoms with van der Waals surface area (Å²) in [4.78, 5) is 20.8. The number of rotatable bonds is 8. The average molecular weight is 572 g/mol. The van der Waals surface area contributed by atoms with E-state index in [1.54, 1.807) is 37.2 Å². The lowest BCUT2D eigenvalue weighted by Crippen LogP contribution is -2.39. The molecule has 41 heavy (non-hydrogen) atoms.